The smallest absolute Gasteiger partial charge is 0.410 e. The zero-order chi connectivity index (χ0) is 15.0. The van der Waals surface area contributed by atoms with E-state index in [9.17, 15) is 4.79 Å². The highest BCUT2D eigenvalue weighted by atomic mass is 35.5. The first-order valence-electron chi connectivity index (χ1n) is 7.50. The van der Waals surface area contributed by atoms with Crippen LogP contribution in [-0.4, -0.2) is 53.7 Å². The molecule has 0 N–H and O–H groups in total. The van der Waals surface area contributed by atoms with Crippen LogP contribution in [0, 0.1) is 0 Å². The molecule has 0 bridgehead atoms. The third-order valence-electron chi connectivity index (χ3n) is 4.41. The number of hydrogen-bond acceptors (Lipinski definition) is 3. The van der Waals surface area contributed by atoms with Crippen LogP contribution in [-0.2, 0) is 11.2 Å². The van der Waals surface area contributed by atoms with Crippen molar-refractivity contribution in [3.05, 3.63) is 34.9 Å². The van der Waals surface area contributed by atoms with Crippen LogP contribution >= 0.6 is 11.6 Å². The number of likely N-dealkylation sites (tertiary alicyclic amines) is 1. The molecule has 0 aromatic heterocycles. The van der Waals surface area contributed by atoms with E-state index in [-0.39, 0.29) is 18.2 Å². The molecule has 2 saturated heterocycles. The van der Waals surface area contributed by atoms with Gasteiger partial charge in [0.05, 0.1) is 6.04 Å². The molecule has 2 atom stereocenters. The number of hydrogen-bond donors (Lipinski definition) is 0. The lowest BCUT2D eigenvalue weighted by Crippen LogP contribution is -2.40. The maximum Gasteiger partial charge on any atom is 0.410 e. The molecule has 0 radical (unpaired) electrons. The van der Waals surface area contributed by atoms with E-state index in [0.717, 1.165) is 30.1 Å². The van der Waals surface area contributed by atoms with Gasteiger partial charge in [-0.25, -0.2) is 4.79 Å². The number of rotatable bonds is 4. The third-order valence-corrected chi connectivity index (χ3v) is 4.65. The summed E-state index contributed by atoms with van der Waals surface area (Å²) in [4.78, 5) is 16.3. The summed E-state index contributed by atoms with van der Waals surface area (Å²) >= 11 is 6.00. The molecule has 2 aliphatic heterocycles. The standard InChI is InChI=1S/C16H21ClN2O2/c1-11(2)18-9-14-15(10-18)21-16(20)19(14)7-6-12-4-3-5-13(17)8-12/h3-5,8,11,14-15H,6-7,9-10H2,1-2H3/t14-,15+/m0/s1. The fourth-order valence-corrected chi connectivity index (χ4v) is 3.37. The fraction of sp³-hybridized carbons (Fsp3) is 0.562. The zero-order valence-electron chi connectivity index (χ0n) is 12.5. The molecule has 1 aromatic carbocycles. The van der Waals surface area contributed by atoms with Gasteiger partial charge in [-0.2, -0.15) is 0 Å². The van der Waals surface area contributed by atoms with Crippen molar-refractivity contribution in [3.63, 3.8) is 0 Å². The second-order valence-electron chi connectivity index (χ2n) is 6.11. The molecule has 1 amide bonds. The van der Waals surface area contributed by atoms with Crippen molar-refractivity contribution in [3.8, 4) is 0 Å². The molecular formula is C16H21ClN2O2. The van der Waals surface area contributed by atoms with Crippen molar-refractivity contribution >= 4 is 17.7 Å². The van der Waals surface area contributed by atoms with Gasteiger partial charge in [-0.3, -0.25) is 9.80 Å². The molecule has 21 heavy (non-hydrogen) atoms. The first-order chi connectivity index (χ1) is 10.0. The number of halogens is 1. The van der Waals surface area contributed by atoms with Crippen molar-refractivity contribution < 1.29 is 9.53 Å². The summed E-state index contributed by atoms with van der Waals surface area (Å²) in [6.45, 7) is 6.80. The average Bonchev–Trinajstić information content (AvgIpc) is 2.94. The Kier molecular flexibility index (Phi) is 4.09. The minimum Gasteiger partial charge on any atom is -0.442 e. The predicted molar refractivity (Wildman–Crippen MR) is 82.6 cm³/mol. The number of benzene rings is 1. The Morgan fingerprint density at radius 2 is 2.19 bits per heavy atom. The topological polar surface area (TPSA) is 32.8 Å². The first kappa shape index (κ1) is 14.7. The van der Waals surface area contributed by atoms with Crippen LogP contribution in [0.5, 0.6) is 0 Å². The molecule has 0 aliphatic carbocycles. The van der Waals surface area contributed by atoms with Gasteiger partial charge in [0.15, 0.2) is 0 Å². The van der Waals surface area contributed by atoms with Gasteiger partial charge < -0.3 is 4.74 Å². The Labute approximate surface area is 130 Å². The Morgan fingerprint density at radius 3 is 2.90 bits per heavy atom. The quantitative estimate of drug-likeness (QED) is 0.857. The fourth-order valence-electron chi connectivity index (χ4n) is 3.15. The Hall–Kier alpha value is -1.26. The molecule has 3 rings (SSSR count). The summed E-state index contributed by atoms with van der Waals surface area (Å²) in [6, 6.07) is 8.49. The highest BCUT2D eigenvalue weighted by Gasteiger charge is 2.47. The van der Waals surface area contributed by atoms with E-state index in [4.69, 9.17) is 16.3 Å². The molecule has 2 heterocycles. The maximum absolute atomic E-state index is 12.0. The molecule has 4 nitrogen and oxygen atoms in total. The lowest BCUT2D eigenvalue weighted by Gasteiger charge is -2.24. The van der Waals surface area contributed by atoms with E-state index >= 15 is 0 Å². The molecule has 2 aliphatic rings. The Bertz CT molecular complexity index is 535. The van der Waals surface area contributed by atoms with Gasteiger partial charge in [0.2, 0.25) is 0 Å². The number of fused-ring (bicyclic) bond motifs is 1. The second-order valence-corrected chi connectivity index (χ2v) is 6.55. The van der Waals surface area contributed by atoms with E-state index in [1.54, 1.807) is 0 Å². The van der Waals surface area contributed by atoms with Gasteiger partial charge in [-0.1, -0.05) is 23.7 Å². The van der Waals surface area contributed by atoms with Crippen molar-refractivity contribution in [1.82, 2.24) is 9.80 Å². The van der Waals surface area contributed by atoms with Gasteiger partial charge in [0.1, 0.15) is 6.10 Å². The first-order valence-corrected chi connectivity index (χ1v) is 7.88. The monoisotopic (exact) mass is 308 g/mol. The van der Waals surface area contributed by atoms with Crippen molar-refractivity contribution in [1.29, 1.82) is 0 Å². The average molecular weight is 309 g/mol. The lowest BCUT2D eigenvalue weighted by atomic mass is 10.1. The summed E-state index contributed by atoms with van der Waals surface area (Å²) in [5.41, 5.74) is 1.15. The van der Waals surface area contributed by atoms with Crippen LogP contribution in [0.2, 0.25) is 5.02 Å². The molecule has 5 heteroatoms. The van der Waals surface area contributed by atoms with E-state index in [0.29, 0.717) is 12.6 Å². The maximum atomic E-state index is 12.0. The summed E-state index contributed by atoms with van der Waals surface area (Å²) < 4.78 is 5.51. The summed E-state index contributed by atoms with van der Waals surface area (Å²) in [6.07, 6.45) is 0.662. The van der Waals surface area contributed by atoms with E-state index in [1.807, 2.05) is 29.2 Å². The SMILES string of the molecule is CC(C)N1C[C@H]2OC(=O)N(CCc3cccc(Cl)c3)[C@H]2C1. The molecule has 0 spiro atoms. The molecule has 1 aromatic rings. The van der Waals surface area contributed by atoms with Crippen LogP contribution in [0.4, 0.5) is 4.79 Å². The Balaban J connectivity index is 1.63. The van der Waals surface area contributed by atoms with Crippen LogP contribution in [0.3, 0.4) is 0 Å². The van der Waals surface area contributed by atoms with Gasteiger partial charge in [0.25, 0.3) is 0 Å². The van der Waals surface area contributed by atoms with Crippen LogP contribution < -0.4 is 0 Å². The summed E-state index contributed by atoms with van der Waals surface area (Å²) in [5, 5.41) is 0.737. The summed E-state index contributed by atoms with van der Waals surface area (Å²) in [7, 11) is 0. The normalized spacial score (nSPS) is 25.5. The summed E-state index contributed by atoms with van der Waals surface area (Å²) in [5.74, 6) is 0. The van der Waals surface area contributed by atoms with Crippen molar-refractivity contribution in [2.45, 2.75) is 38.5 Å². The second kappa shape index (κ2) is 5.85. The van der Waals surface area contributed by atoms with Gasteiger partial charge in [0, 0.05) is 30.7 Å². The number of nitrogens with zero attached hydrogens (tertiary/aromatic N) is 2. The number of amides is 1. The van der Waals surface area contributed by atoms with E-state index in [1.165, 1.54) is 0 Å². The number of ether oxygens (including phenoxy) is 1. The molecule has 0 saturated carbocycles. The van der Waals surface area contributed by atoms with E-state index in [2.05, 4.69) is 18.7 Å². The Morgan fingerprint density at radius 1 is 1.38 bits per heavy atom. The molecule has 0 unspecified atom stereocenters. The molecular weight excluding hydrogens is 288 g/mol. The predicted octanol–water partition coefficient (Wildman–Crippen LogP) is 2.80. The van der Waals surface area contributed by atoms with Crippen LogP contribution in [0.25, 0.3) is 0 Å². The minimum atomic E-state index is -0.171. The largest absolute Gasteiger partial charge is 0.442 e. The third kappa shape index (κ3) is 3.01. The van der Waals surface area contributed by atoms with Gasteiger partial charge in [-0.05, 0) is 38.0 Å². The van der Waals surface area contributed by atoms with Crippen LogP contribution in [0.15, 0.2) is 24.3 Å². The highest BCUT2D eigenvalue weighted by molar-refractivity contribution is 6.30. The van der Waals surface area contributed by atoms with Gasteiger partial charge in [-0.15, -0.1) is 0 Å². The number of carbonyl (C=O) groups excluding carboxylic acids is 1. The van der Waals surface area contributed by atoms with Gasteiger partial charge >= 0.3 is 6.09 Å². The van der Waals surface area contributed by atoms with Crippen LogP contribution in [0.1, 0.15) is 19.4 Å². The zero-order valence-corrected chi connectivity index (χ0v) is 13.2. The van der Waals surface area contributed by atoms with Crippen molar-refractivity contribution in [2.24, 2.45) is 0 Å². The minimum absolute atomic E-state index is 0.0271. The molecule has 2 fully saturated rings. The van der Waals surface area contributed by atoms with E-state index < -0.39 is 0 Å². The van der Waals surface area contributed by atoms with Crippen molar-refractivity contribution in [2.75, 3.05) is 19.6 Å². The highest BCUT2D eigenvalue weighted by Crippen LogP contribution is 2.28. The molecule has 114 valence electrons. The lowest BCUT2D eigenvalue weighted by molar-refractivity contribution is 0.116. The number of carbonyl (C=O) groups is 1.